The number of benzene rings is 1. The van der Waals surface area contributed by atoms with Gasteiger partial charge >= 0.3 is 0 Å². The van der Waals surface area contributed by atoms with Crippen molar-refractivity contribution in [3.8, 4) is 0 Å². The van der Waals surface area contributed by atoms with E-state index >= 15 is 0 Å². The highest BCUT2D eigenvalue weighted by Gasteiger charge is 2.12. The highest BCUT2D eigenvalue weighted by atomic mass is 79.9. The molecule has 2 rings (SSSR count). The Morgan fingerprint density at radius 1 is 1.24 bits per heavy atom. The highest BCUT2D eigenvalue weighted by molar-refractivity contribution is 9.10. The van der Waals surface area contributed by atoms with Crippen molar-refractivity contribution in [2.24, 2.45) is 0 Å². The van der Waals surface area contributed by atoms with E-state index in [0.717, 1.165) is 18.5 Å². The third kappa shape index (κ3) is 3.81. The summed E-state index contributed by atoms with van der Waals surface area (Å²) >= 11 is 3.05. The van der Waals surface area contributed by atoms with Gasteiger partial charge in [-0.1, -0.05) is 29.8 Å². The van der Waals surface area contributed by atoms with Gasteiger partial charge in [0, 0.05) is 10.7 Å². The van der Waals surface area contributed by atoms with Crippen molar-refractivity contribution in [2.75, 3.05) is 5.32 Å². The topological polar surface area (TPSA) is 29.9 Å². The maximum atomic E-state index is 13.7. The minimum absolute atomic E-state index is 0.129. The molecule has 0 atom stereocenters. The molecule has 1 heterocycles. The fourth-order valence-electron chi connectivity index (χ4n) is 2.23. The summed E-state index contributed by atoms with van der Waals surface area (Å²) in [5, 5.41) is 7.21. The van der Waals surface area contributed by atoms with Gasteiger partial charge in [-0.2, -0.15) is 5.10 Å². The lowest BCUT2D eigenvalue weighted by Crippen LogP contribution is -2.09. The summed E-state index contributed by atoms with van der Waals surface area (Å²) in [6, 6.07) is 4.68. The summed E-state index contributed by atoms with van der Waals surface area (Å²) < 4.78 is 29.7. The summed E-state index contributed by atoms with van der Waals surface area (Å²) in [5.41, 5.74) is 0.624. The van der Waals surface area contributed by atoms with Crippen molar-refractivity contribution < 1.29 is 8.78 Å². The minimum Gasteiger partial charge on any atom is -0.375 e. The van der Waals surface area contributed by atoms with E-state index in [9.17, 15) is 8.78 Å². The van der Waals surface area contributed by atoms with E-state index in [1.807, 2.05) is 16.9 Å². The highest BCUT2D eigenvalue weighted by Crippen LogP contribution is 2.24. The molecule has 3 nitrogen and oxygen atoms in total. The van der Waals surface area contributed by atoms with Crippen LogP contribution in [0.15, 0.2) is 28.9 Å². The molecule has 2 aromatic rings. The first-order valence-electron chi connectivity index (χ1n) is 6.97. The Bertz CT molecular complexity index is 586. The quantitative estimate of drug-likeness (QED) is 0.796. The van der Waals surface area contributed by atoms with Gasteiger partial charge in [0.2, 0.25) is 0 Å². The van der Waals surface area contributed by atoms with Gasteiger partial charge in [-0.25, -0.2) is 8.78 Å². The summed E-state index contributed by atoms with van der Waals surface area (Å²) in [6.45, 7) is 4.50. The number of aromatic nitrogens is 2. The summed E-state index contributed by atoms with van der Waals surface area (Å²) in [7, 11) is 0. The van der Waals surface area contributed by atoms with Gasteiger partial charge in [0.05, 0.1) is 18.3 Å². The number of rotatable bonds is 6. The second kappa shape index (κ2) is 7.02. The number of halogens is 3. The molecule has 0 aliphatic carbocycles. The molecule has 21 heavy (non-hydrogen) atoms. The summed E-state index contributed by atoms with van der Waals surface area (Å²) in [4.78, 5) is 0. The number of nitrogens with one attached hydrogen (secondary N) is 1. The molecule has 0 unspecified atom stereocenters. The van der Waals surface area contributed by atoms with Crippen molar-refractivity contribution in [1.82, 2.24) is 9.78 Å². The van der Waals surface area contributed by atoms with Crippen LogP contribution in [0, 0.1) is 11.6 Å². The Morgan fingerprint density at radius 3 is 2.43 bits per heavy atom. The van der Waals surface area contributed by atoms with Crippen LogP contribution >= 0.6 is 15.9 Å². The maximum Gasteiger partial charge on any atom is 0.150 e. The predicted molar refractivity (Wildman–Crippen MR) is 83.2 cm³/mol. The second-order valence-electron chi connectivity index (χ2n) is 4.86. The van der Waals surface area contributed by atoms with E-state index in [0.29, 0.717) is 10.5 Å². The fourth-order valence-corrected chi connectivity index (χ4v) is 2.63. The summed E-state index contributed by atoms with van der Waals surface area (Å²) in [6.07, 6.45) is 3.91. The maximum absolute atomic E-state index is 13.7. The van der Waals surface area contributed by atoms with Gasteiger partial charge in [-0.05, 0) is 31.0 Å². The molecule has 114 valence electrons. The van der Waals surface area contributed by atoms with Crippen LogP contribution in [-0.2, 0) is 6.54 Å². The van der Waals surface area contributed by atoms with Gasteiger partial charge < -0.3 is 5.32 Å². The lowest BCUT2D eigenvalue weighted by molar-refractivity contribution is 0.426. The first-order valence-corrected chi connectivity index (χ1v) is 7.76. The zero-order valence-corrected chi connectivity index (χ0v) is 13.6. The van der Waals surface area contributed by atoms with Crippen molar-refractivity contribution in [2.45, 2.75) is 39.3 Å². The van der Waals surface area contributed by atoms with Crippen LogP contribution in [0.1, 0.15) is 38.4 Å². The fraction of sp³-hybridized carbons (Fsp3) is 0.400. The van der Waals surface area contributed by atoms with Crippen molar-refractivity contribution >= 4 is 21.6 Å². The average molecular weight is 358 g/mol. The second-order valence-corrected chi connectivity index (χ2v) is 5.77. The molecule has 0 saturated carbocycles. The zero-order chi connectivity index (χ0) is 15.4. The molecule has 0 saturated heterocycles. The Balaban J connectivity index is 2.07. The van der Waals surface area contributed by atoms with Crippen molar-refractivity contribution in [3.05, 3.63) is 46.2 Å². The normalized spacial score (nSPS) is 11.1. The Morgan fingerprint density at radius 2 is 1.86 bits per heavy atom. The number of anilines is 1. The zero-order valence-electron chi connectivity index (χ0n) is 12.0. The number of hydrogen-bond acceptors (Lipinski definition) is 2. The Kier molecular flexibility index (Phi) is 5.33. The average Bonchev–Trinajstić information content (AvgIpc) is 2.87. The van der Waals surface area contributed by atoms with E-state index in [1.54, 1.807) is 0 Å². The lowest BCUT2D eigenvalue weighted by atomic mass is 10.2. The first-order chi connectivity index (χ1) is 10.0. The van der Waals surface area contributed by atoms with Crippen molar-refractivity contribution in [3.63, 3.8) is 0 Å². The first kappa shape index (κ1) is 15.9. The van der Waals surface area contributed by atoms with Crippen LogP contribution < -0.4 is 5.32 Å². The molecule has 0 spiro atoms. The van der Waals surface area contributed by atoms with Crippen LogP contribution in [0.4, 0.5) is 14.5 Å². The van der Waals surface area contributed by atoms with E-state index < -0.39 is 11.6 Å². The number of nitrogens with zero attached hydrogens (tertiary/aromatic N) is 2. The Hall–Kier alpha value is -1.43. The molecular formula is C15H18BrF2N3. The SMILES string of the molecule is CCC(CC)n1ccc(CNc2c(F)cc(Br)cc2F)n1. The van der Waals surface area contributed by atoms with Gasteiger partial charge in [0.15, 0.2) is 0 Å². The molecule has 1 aromatic carbocycles. The molecule has 1 N–H and O–H groups in total. The van der Waals surface area contributed by atoms with E-state index in [2.05, 4.69) is 40.2 Å². The van der Waals surface area contributed by atoms with Gasteiger partial charge in [-0.3, -0.25) is 4.68 Å². The predicted octanol–water partition coefficient (Wildman–Crippen LogP) is 4.90. The third-order valence-electron chi connectivity index (χ3n) is 3.43. The molecule has 0 bridgehead atoms. The molecule has 0 aliphatic rings. The van der Waals surface area contributed by atoms with Crippen LogP contribution in [-0.4, -0.2) is 9.78 Å². The lowest BCUT2D eigenvalue weighted by Gasteiger charge is -2.12. The molecule has 0 radical (unpaired) electrons. The van der Waals surface area contributed by atoms with E-state index in [-0.39, 0.29) is 12.2 Å². The molecule has 0 aliphatic heterocycles. The van der Waals surface area contributed by atoms with Gasteiger partial charge in [0.1, 0.15) is 17.3 Å². The third-order valence-corrected chi connectivity index (χ3v) is 3.89. The molecule has 6 heteroatoms. The monoisotopic (exact) mass is 357 g/mol. The van der Waals surface area contributed by atoms with Crippen LogP contribution in [0.5, 0.6) is 0 Å². The largest absolute Gasteiger partial charge is 0.375 e. The summed E-state index contributed by atoms with van der Waals surface area (Å²) in [5.74, 6) is -1.25. The van der Waals surface area contributed by atoms with Crippen LogP contribution in [0.3, 0.4) is 0 Å². The smallest absolute Gasteiger partial charge is 0.150 e. The molecular weight excluding hydrogens is 340 g/mol. The molecule has 0 amide bonds. The molecule has 1 aromatic heterocycles. The van der Waals surface area contributed by atoms with E-state index in [4.69, 9.17) is 0 Å². The van der Waals surface area contributed by atoms with Crippen LogP contribution in [0.25, 0.3) is 0 Å². The van der Waals surface area contributed by atoms with Gasteiger partial charge in [0.25, 0.3) is 0 Å². The number of hydrogen-bond donors (Lipinski definition) is 1. The Labute approximate surface area is 131 Å². The van der Waals surface area contributed by atoms with Crippen LogP contribution in [0.2, 0.25) is 0 Å². The van der Waals surface area contributed by atoms with Gasteiger partial charge in [-0.15, -0.1) is 0 Å². The minimum atomic E-state index is -0.624. The standard InChI is InChI=1S/C15H18BrF2N3/c1-3-12(4-2)21-6-5-11(20-21)9-19-15-13(17)7-10(16)8-14(15)18/h5-8,12,19H,3-4,9H2,1-2H3. The van der Waals surface area contributed by atoms with Crippen molar-refractivity contribution in [1.29, 1.82) is 0 Å². The van der Waals surface area contributed by atoms with E-state index in [1.165, 1.54) is 12.1 Å². The molecule has 0 fully saturated rings.